The molecule has 1 amide bonds. The predicted octanol–water partition coefficient (Wildman–Crippen LogP) is 3.13. The van der Waals surface area contributed by atoms with E-state index in [-0.39, 0.29) is 0 Å². The van der Waals surface area contributed by atoms with Gasteiger partial charge in [-0.05, 0) is 24.6 Å². The minimum Gasteiger partial charge on any atom is -0.447 e. The largest absolute Gasteiger partial charge is 0.447 e. The van der Waals surface area contributed by atoms with E-state index in [2.05, 4.69) is 4.74 Å². The number of alkyl halides is 6. The molecule has 1 aliphatic rings. The van der Waals surface area contributed by atoms with Crippen LogP contribution in [0.3, 0.4) is 0 Å². The standard InChI is InChI=1S/C14H10F6N2O3/c1-6-8(3-2-7(4-21)10(6)13(15,16)17)22-9(5-25-12(22)24)11(23)14(18,19)20/h2-3,9,11,23H,5H2,1H3/t9?,11-/m1/s1. The highest BCUT2D eigenvalue weighted by atomic mass is 19.4. The smallest absolute Gasteiger partial charge is 0.418 e. The van der Waals surface area contributed by atoms with E-state index < -0.39 is 59.6 Å². The fourth-order valence-corrected chi connectivity index (χ4v) is 2.58. The van der Waals surface area contributed by atoms with E-state index in [4.69, 9.17) is 5.26 Å². The number of benzene rings is 1. The maximum absolute atomic E-state index is 13.2. The number of nitrogens with zero attached hydrogens (tertiary/aromatic N) is 2. The molecule has 11 heteroatoms. The molecule has 136 valence electrons. The van der Waals surface area contributed by atoms with E-state index >= 15 is 0 Å². The number of aliphatic hydroxyl groups is 1. The van der Waals surface area contributed by atoms with Crippen LogP contribution < -0.4 is 4.90 Å². The van der Waals surface area contributed by atoms with Gasteiger partial charge in [0.05, 0.1) is 22.9 Å². The van der Waals surface area contributed by atoms with Crippen LogP contribution in [0, 0.1) is 18.3 Å². The van der Waals surface area contributed by atoms with Crippen LogP contribution in [0.25, 0.3) is 0 Å². The topological polar surface area (TPSA) is 73.6 Å². The summed E-state index contributed by atoms with van der Waals surface area (Å²) in [5.41, 5.74) is -3.26. The maximum atomic E-state index is 13.2. The highest BCUT2D eigenvalue weighted by Gasteiger charge is 2.51. The second kappa shape index (κ2) is 6.11. The number of ether oxygens (including phenoxy) is 1. The molecule has 0 aromatic heterocycles. The van der Waals surface area contributed by atoms with Crippen molar-refractivity contribution in [1.82, 2.24) is 0 Å². The first-order chi connectivity index (χ1) is 11.4. The van der Waals surface area contributed by atoms with Gasteiger partial charge in [-0.15, -0.1) is 0 Å². The van der Waals surface area contributed by atoms with Gasteiger partial charge in [0.15, 0.2) is 6.10 Å². The number of carbonyl (C=O) groups is 1. The Labute approximate surface area is 137 Å². The fourth-order valence-electron chi connectivity index (χ4n) is 2.58. The molecule has 1 saturated heterocycles. The number of anilines is 1. The molecule has 1 N–H and O–H groups in total. The summed E-state index contributed by atoms with van der Waals surface area (Å²) in [7, 11) is 0. The normalized spacial score (nSPS) is 19.6. The van der Waals surface area contributed by atoms with Gasteiger partial charge in [0.1, 0.15) is 12.6 Å². The van der Waals surface area contributed by atoms with Gasteiger partial charge in [-0.25, -0.2) is 4.79 Å². The average molecular weight is 368 g/mol. The molecule has 0 saturated carbocycles. The number of rotatable bonds is 2. The maximum Gasteiger partial charge on any atom is 0.418 e. The Morgan fingerprint density at radius 3 is 2.40 bits per heavy atom. The summed E-state index contributed by atoms with van der Waals surface area (Å²) in [5.74, 6) is 0. The van der Waals surface area contributed by atoms with Gasteiger partial charge in [-0.1, -0.05) is 0 Å². The summed E-state index contributed by atoms with van der Waals surface area (Å²) in [4.78, 5) is 12.1. The zero-order valence-corrected chi connectivity index (χ0v) is 12.4. The van der Waals surface area contributed by atoms with Crippen LogP contribution in [-0.2, 0) is 10.9 Å². The average Bonchev–Trinajstić information content (AvgIpc) is 2.85. The molecule has 25 heavy (non-hydrogen) atoms. The zero-order valence-electron chi connectivity index (χ0n) is 12.4. The molecule has 0 radical (unpaired) electrons. The first-order valence-electron chi connectivity index (χ1n) is 6.71. The Hall–Kier alpha value is -2.48. The van der Waals surface area contributed by atoms with Crippen molar-refractivity contribution < 1.29 is 41.0 Å². The third-order valence-electron chi connectivity index (χ3n) is 3.71. The summed E-state index contributed by atoms with van der Waals surface area (Å²) in [5, 5.41) is 18.2. The van der Waals surface area contributed by atoms with Crippen LogP contribution in [0.2, 0.25) is 0 Å². The predicted molar refractivity (Wildman–Crippen MR) is 70.6 cm³/mol. The molecule has 0 spiro atoms. The molecular formula is C14H10F6N2O3. The molecule has 0 bridgehead atoms. The zero-order chi connectivity index (χ0) is 19.2. The number of aliphatic hydroxyl groups excluding tert-OH is 1. The van der Waals surface area contributed by atoms with Crippen molar-refractivity contribution in [3.05, 3.63) is 28.8 Å². The number of amides is 1. The van der Waals surface area contributed by atoms with E-state index in [1.807, 2.05) is 0 Å². The molecule has 1 unspecified atom stereocenters. The number of hydrogen-bond donors (Lipinski definition) is 1. The molecule has 1 aromatic rings. The minimum atomic E-state index is -5.11. The van der Waals surface area contributed by atoms with Crippen LogP contribution >= 0.6 is 0 Å². The quantitative estimate of drug-likeness (QED) is 0.814. The lowest BCUT2D eigenvalue weighted by atomic mass is 9.98. The molecule has 5 nitrogen and oxygen atoms in total. The first kappa shape index (κ1) is 18.9. The Bertz CT molecular complexity index is 738. The molecule has 1 fully saturated rings. The Morgan fingerprint density at radius 1 is 1.32 bits per heavy atom. The van der Waals surface area contributed by atoms with E-state index in [1.165, 1.54) is 6.07 Å². The Morgan fingerprint density at radius 2 is 1.92 bits per heavy atom. The van der Waals surface area contributed by atoms with Crippen molar-refractivity contribution in [3.8, 4) is 6.07 Å². The monoisotopic (exact) mass is 368 g/mol. The van der Waals surface area contributed by atoms with Crippen LogP contribution in [-0.4, -0.2) is 36.1 Å². The molecule has 0 aliphatic carbocycles. The van der Waals surface area contributed by atoms with E-state index in [0.717, 1.165) is 19.1 Å². The summed E-state index contributed by atoms with van der Waals surface area (Å²) in [6, 6.07) is 1.05. The van der Waals surface area contributed by atoms with Gasteiger partial charge in [0, 0.05) is 0 Å². The van der Waals surface area contributed by atoms with Gasteiger partial charge in [0.25, 0.3) is 0 Å². The lowest BCUT2D eigenvalue weighted by Crippen LogP contribution is -2.49. The van der Waals surface area contributed by atoms with E-state index in [1.54, 1.807) is 0 Å². The van der Waals surface area contributed by atoms with Crippen molar-refractivity contribution >= 4 is 11.8 Å². The van der Waals surface area contributed by atoms with E-state index in [9.17, 15) is 36.2 Å². The van der Waals surface area contributed by atoms with Crippen molar-refractivity contribution in [2.45, 2.75) is 31.4 Å². The SMILES string of the molecule is Cc1c(N2C(=O)OCC2[C@@H](O)C(F)(F)F)ccc(C#N)c1C(F)(F)F. The number of nitriles is 1. The van der Waals surface area contributed by atoms with Gasteiger partial charge in [-0.2, -0.15) is 31.6 Å². The molecular weight excluding hydrogens is 358 g/mol. The molecule has 1 aromatic carbocycles. The summed E-state index contributed by atoms with van der Waals surface area (Å²) in [6.45, 7) is 0.0714. The van der Waals surface area contributed by atoms with Crippen LogP contribution in [0.5, 0.6) is 0 Å². The third-order valence-corrected chi connectivity index (χ3v) is 3.71. The van der Waals surface area contributed by atoms with Crippen LogP contribution in [0.1, 0.15) is 16.7 Å². The minimum absolute atomic E-state index is 0.323. The van der Waals surface area contributed by atoms with Gasteiger partial charge in [0.2, 0.25) is 0 Å². The van der Waals surface area contributed by atoms with Crippen molar-refractivity contribution in [3.63, 3.8) is 0 Å². The van der Waals surface area contributed by atoms with Crippen LogP contribution in [0.4, 0.5) is 36.8 Å². The highest BCUT2D eigenvalue weighted by molar-refractivity contribution is 5.92. The van der Waals surface area contributed by atoms with E-state index in [0.29, 0.717) is 4.90 Å². The molecule has 1 aliphatic heterocycles. The number of cyclic esters (lactones) is 1. The van der Waals surface area contributed by atoms with Gasteiger partial charge in [-0.3, -0.25) is 4.90 Å². The van der Waals surface area contributed by atoms with Crippen LogP contribution in [0.15, 0.2) is 12.1 Å². The van der Waals surface area contributed by atoms with Crippen molar-refractivity contribution in [1.29, 1.82) is 5.26 Å². The Kier molecular flexibility index (Phi) is 4.61. The van der Waals surface area contributed by atoms with Crippen molar-refractivity contribution in [2.24, 2.45) is 0 Å². The summed E-state index contributed by atoms with van der Waals surface area (Å²) < 4.78 is 82.3. The molecule has 1 heterocycles. The number of hydrogen-bond acceptors (Lipinski definition) is 4. The first-order valence-corrected chi connectivity index (χ1v) is 6.71. The highest BCUT2D eigenvalue weighted by Crippen LogP contribution is 2.40. The third kappa shape index (κ3) is 3.34. The van der Waals surface area contributed by atoms with Gasteiger partial charge >= 0.3 is 18.4 Å². The molecule has 2 rings (SSSR count). The summed E-state index contributed by atoms with van der Waals surface area (Å²) >= 11 is 0. The lowest BCUT2D eigenvalue weighted by molar-refractivity contribution is -0.209. The number of carbonyl (C=O) groups excluding carboxylic acids is 1. The fraction of sp³-hybridized carbons (Fsp3) is 0.429. The lowest BCUT2D eigenvalue weighted by Gasteiger charge is -2.29. The molecule has 2 atom stereocenters. The van der Waals surface area contributed by atoms with Gasteiger partial charge < -0.3 is 9.84 Å². The second-order valence-corrected chi connectivity index (χ2v) is 5.24. The second-order valence-electron chi connectivity index (χ2n) is 5.24. The summed E-state index contributed by atoms with van der Waals surface area (Å²) in [6.07, 6.45) is -14.4. The number of halogens is 6. The Balaban J connectivity index is 2.60. The van der Waals surface area contributed by atoms with Crippen molar-refractivity contribution in [2.75, 3.05) is 11.5 Å².